The van der Waals surface area contributed by atoms with Crippen molar-refractivity contribution >= 4 is 11.3 Å². The van der Waals surface area contributed by atoms with E-state index in [1.165, 1.54) is 29.1 Å². The van der Waals surface area contributed by atoms with Gasteiger partial charge in [0, 0.05) is 23.2 Å². The fourth-order valence-electron chi connectivity index (χ4n) is 1.99. The van der Waals surface area contributed by atoms with E-state index in [4.69, 9.17) is 0 Å². The largest absolute Gasteiger partial charge is 0.306 e. The third kappa shape index (κ3) is 3.29. The highest BCUT2D eigenvalue weighted by molar-refractivity contribution is 7.11. The van der Waals surface area contributed by atoms with Gasteiger partial charge < -0.3 is 5.32 Å². The van der Waals surface area contributed by atoms with Gasteiger partial charge in [0.2, 0.25) is 0 Å². The summed E-state index contributed by atoms with van der Waals surface area (Å²) in [6, 6.07) is 0. The molecule has 0 amide bonds. The highest BCUT2D eigenvalue weighted by atomic mass is 32.1. The lowest BCUT2D eigenvalue weighted by Crippen LogP contribution is -2.42. The monoisotopic (exact) mass is 240 g/mol. The van der Waals surface area contributed by atoms with Crippen molar-refractivity contribution in [1.82, 2.24) is 10.3 Å². The summed E-state index contributed by atoms with van der Waals surface area (Å²) in [5.41, 5.74) is 0.316. The average Bonchev–Trinajstić information content (AvgIpc) is 2.80. The maximum Gasteiger partial charge on any atom is 0.0925 e. The molecule has 92 valence electrons. The molecule has 1 N–H and O–H groups in total. The zero-order valence-electron chi connectivity index (χ0n) is 11.0. The SMILES string of the molecule is CCc1ncc(CNC(CC)(CC)CC)s1. The second-order valence-electron chi connectivity index (χ2n) is 4.27. The molecule has 0 aliphatic heterocycles. The summed E-state index contributed by atoms with van der Waals surface area (Å²) in [4.78, 5) is 5.75. The van der Waals surface area contributed by atoms with Crippen molar-refractivity contribution in [2.24, 2.45) is 0 Å². The Labute approximate surface area is 103 Å². The lowest BCUT2D eigenvalue weighted by Gasteiger charge is -2.31. The van der Waals surface area contributed by atoms with E-state index in [-0.39, 0.29) is 0 Å². The van der Waals surface area contributed by atoms with Gasteiger partial charge in [-0.25, -0.2) is 4.98 Å². The van der Waals surface area contributed by atoms with Gasteiger partial charge in [0.05, 0.1) is 5.01 Å². The van der Waals surface area contributed by atoms with Crippen LogP contribution in [0.25, 0.3) is 0 Å². The molecule has 0 aromatic carbocycles. The molecule has 0 saturated heterocycles. The van der Waals surface area contributed by atoms with Crippen LogP contribution in [0.2, 0.25) is 0 Å². The third-order valence-corrected chi connectivity index (χ3v) is 4.71. The Morgan fingerprint density at radius 3 is 2.25 bits per heavy atom. The van der Waals surface area contributed by atoms with Gasteiger partial charge in [0.1, 0.15) is 0 Å². The van der Waals surface area contributed by atoms with Crippen molar-refractivity contribution in [3.8, 4) is 0 Å². The minimum Gasteiger partial charge on any atom is -0.306 e. The van der Waals surface area contributed by atoms with Crippen LogP contribution in [0.1, 0.15) is 56.8 Å². The molecule has 1 aromatic heterocycles. The van der Waals surface area contributed by atoms with Crippen molar-refractivity contribution < 1.29 is 0 Å². The van der Waals surface area contributed by atoms with Gasteiger partial charge in [0.25, 0.3) is 0 Å². The summed E-state index contributed by atoms with van der Waals surface area (Å²) in [6.07, 6.45) is 6.64. The smallest absolute Gasteiger partial charge is 0.0925 e. The van der Waals surface area contributed by atoms with Gasteiger partial charge in [-0.3, -0.25) is 0 Å². The molecule has 2 nitrogen and oxygen atoms in total. The molecule has 0 aliphatic carbocycles. The molecule has 0 aliphatic rings. The predicted octanol–water partition coefficient (Wildman–Crippen LogP) is 3.76. The van der Waals surface area contributed by atoms with Crippen LogP contribution in [0.15, 0.2) is 6.20 Å². The molecule has 0 fully saturated rings. The van der Waals surface area contributed by atoms with Crippen LogP contribution in [0.5, 0.6) is 0 Å². The molecule has 1 rings (SSSR count). The summed E-state index contributed by atoms with van der Waals surface area (Å²) in [6.45, 7) is 9.93. The Bertz CT molecular complexity index is 294. The number of nitrogens with zero attached hydrogens (tertiary/aromatic N) is 1. The number of aromatic nitrogens is 1. The first-order valence-electron chi connectivity index (χ1n) is 6.38. The molecule has 0 saturated carbocycles. The van der Waals surface area contributed by atoms with Crippen LogP contribution in [-0.4, -0.2) is 10.5 Å². The molecule has 16 heavy (non-hydrogen) atoms. The second kappa shape index (κ2) is 6.36. The maximum absolute atomic E-state index is 4.39. The normalized spacial score (nSPS) is 12.0. The Kier molecular flexibility index (Phi) is 5.42. The van der Waals surface area contributed by atoms with Crippen LogP contribution in [-0.2, 0) is 13.0 Å². The third-order valence-electron chi connectivity index (χ3n) is 3.57. The minimum atomic E-state index is 0.316. The fraction of sp³-hybridized carbons (Fsp3) is 0.769. The second-order valence-corrected chi connectivity index (χ2v) is 5.47. The first-order chi connectivity index (χ1) is 7.69. The molecule has 3 heteroatoms. The molecule has 0 bridgehead atoms. The van der Waals surface area contributed by atoms with Gasteiger partial charge in [0.15, 0.2) is 0 Å². The van der Waals surface area contributed by atoms with E-state index < -0.39 is 0 Å². The highest BCUT2D eigenvalue weighted by Gasteiger charge is 2.22. The Morgan fingerprint density at radius 1 is 1.19 bits per heavy atom. The standard InChI is InChI=1S/C13H24N2S/c1-5-12-14-9-11(16-12)10-15-13(6-2,7-3)8-4/h9,15H,5-8,10H2,1-4H3. The molecule has 1 aromatic rings. The summed E-state index contributed by atoms with van der Waals surface area (Å²) >= 11 is 1.83. The van der Waals surface area contributed by atoms with Crippen LogP contribution in [0, 0.1) is 0 Å². The number of aryl methyl sites for hydroxylation is 1. The molecule has 0 unspecified atom stereocenters. The van der Waals surface area contributed by atoms with Crippen LogP contribution in [0.4, 0.5) is 0 Å². The molecular formula is C13H24N2S. The lowest BCUT2D eigenvalue weighted by atomic mass is 9.90. The lowest BCUT2D eigenvalue weighted by molar-refractivity contribution is 0.289. The summed E-state index contributed by atoms with van der Waals surface area (Å²) < 4.78 is 0. The molecule has 0 radical (unpaired) electrons. The number of nitrogens with one attached hydrogen (secondary N) is 1. The predicted molar refractivity (Wildman–Crippen MR) is 71.9 cm³/mol. The van der Waals surface area contributed by atoms with Crippen molar-refractivity contribution in [2.45, 2.75) is 65.5 Å². The van der Waals surface area contributed by atoms with E-state index in [0.717, 1.165) is 13.0 Å². The Balaban J connectivity index is 2.55. The first-order valence-corrected chi connectivity index (χ1v) is 7.19. The zero-order valence-corrected chi connectivity index (χ0v) is 11.8. The van der Waals surface area contributed by atoms with Gasteiger partial charge in [-0.15, -0.1) is 11.3 Å². The highest BCUT2D eigenvalue weighted by Crippen LogP contribution is 2.21. The Hall–Kier alpha value is -0.410. The molecule has 0 atom stereocenters. The van der Waals surface area contributed by atoms with Gasteiger partial charge in [-0.1, -0.05) is 27.7 Å². The Morgan fingerprint density at radius 2 is 1.81 bits per heavy atom. The topological polar surface area (TPSA) is 24.9 Å². The molecular weight excluding hydrogens is 216 g/mol. The fourth-order valence-corrected chi connectivity index (χ4v) is 2.79. The molecule has 0 spiro atoms. The van der Waals surface area contributed by atoms with Crippen LogP contribution < -0.4 is 5.32 Å². The van der Waals surface area contributed by atoms with Crippen molar-refractivity contribution in [1.29, 1.82) is 0 Å². The van der Waals surface area contributed by atoms with E-state index >= 15 is 0 Å². The number of hydrogen-bond acceptors (Lipinski definition) is 3. The maximum atomic E-state index is 4.39. The summed E-state index contributed by atoms with van der Waals surface area (Å²) in [5, 5.41) is 4.95. The van der Waals surface area contributed by atoms with E-state index in [1.807, 2.05) is 17.5 Å². The van der Waals surface area contributed by atoms with E-state index in [1.54, 1.807) is 0 Å². The van der Waals surface area contributed by atoms with Crippen molar-refractivity contribution in [3.05, 3.63) is 16.1 Å². The number of rotatable bonds is 7. The summed E-state index contributed by atoms with van der Waals surface area (Å²) in [5.74, 6) is 0. The quantitative estimate of drug-likeness (QED) is 0.785. The first kappa shape index (κ1) is 13.7. The summed E-state index contributed by atoms with van der Waals surface area (Å²) in [7, 11) is 0. The van der Waals surface area contributed by atoms with Crippen LogP contribution >= 0.6 is 11.3 Å². The van der Waals surface area contributed by atoms with E-state index in [2.05, 4.69) is 38.0 Å². The minimum absolute atomic E-state index is 0.316. The number of thiazole rings is 1. The van der Waals surface area contributed by atoms with Gasteiger partial charge >= 0.3 is 0 Å². The zero-order chi connectivity index (χ0) is 12.0. The van der Waals surface area contributed by atoms with E-state index in [9.17, 15) is 0 Å². The van der Waals surface area contributed by atoms with Crippen molar-refractivity contribution in [2.75, 3.05) is 0 Å². The van der Waals surface area contributed by atoms with Crippen molar-refractivity contribution in [3.63, 3.8) is 0 Å². The van der Waals surface area contributed by atoms with Gasteiger partial charge in [-0.2, -0.15) is 0 Å². The average molecular weight is 240 g/mol. The van der Waals surface area contributed by atoms with Gasteiger partial charge in [-0.05, 0) is 25.7 Å². The number of hydrogen-bond donors (Lipinski definition) is 1. The molecule has 1 heterocycles. The van der Waals surface area contributed by atoms with Crippen LogP contribution in [0.3, 0.4) is 0 Å². The van der Waals surface area contributed by atoms with E-state index in [0.29, 0.717) is 5.54 Å².